The van der Waals surface area contributed by atoms with Crippen LogP contribution in [0.15, 0.2) is 0 Å². The first-order chi connectivity index (χ1) is 9.63. The van der Waals surface area contributed by atoms with E-state index in [1.165, 1.54) is 11.3 Å². The Kier molecular flexibility index (Phi) is 5.17. The quantitative estimate of drug-likeness (QED) is 0.893. The van der Waals surface area contributed by atoms with Gasteiger partial charge in [0, 0.05) is 25.4 Å². The van der Waals surface area contributed by atoms with E-state index in [1.54, 1.807) is 0 Å². The van der Waals surface area contributed by atoms with Crippen molar-refractivity contribution in [1.29, 1.82) is 0 Å². The molecule has 0 spiro atoms. The molecule has 0 radical (unpaired) electrons. The van der Waals surface area contributed by atoms with Gasteiger partial charge in [0.1, 0.15) is 6.10 Å². The fraction of sp³-hybridized carbons (Fsp3) is 0.733. The number of nitrogens with one attached hydrogen (secondary N) is 1. The van der Waals surface area contributed by atoms with E-state index in [4.69, 9.17) is 4.74 Å². The number of hydrogen-bond acceptors (Lipinski definition) is 3. The molecule has 1 fully saturated rings. The Balaban J connectivity index is 1.83. The van der Waals surface area contributed by atoms with Gasteiger partial charge in [-0.2, -0.15) is 5.10 Å². The Morgan fingerprint density at radius 1 is 1.45 bits per heavy atom. The summed E-state index contributed by atoms with van der Waals surface area (Å²) in [6, 6.07) is 0. The Morgan fingerprint density at radius 2 is 2.25 bits per heavy atom. The van der Waals surface area contributed by atoms with Crippen molar-refractivity contribution in [3.63, 3.8) is 0 Å². The fourth-order valence-corrected chi connectivity index (χ4v) is 2.78. The summed E-state index contributed by atoms with van der Waals surface area (Å²) in [6.07, 6.45) is 3.58. The van der Waals surface area contributed by atoms with Crippen LogP contribution in [-0.2, 0) is 22.5 Å². The summed E-state index contributed by atoms with van der Waals surface area (Å²) in [7, 11) is 0. The molecule has 0 aliphatic carbocycles. The minimum Gasteiger partial charge on any atom is -0.368 e. The maximum absolute atomic E-state index is 12.0. The second-order valence-electron chi connectivity index (χ2n) is 5.36. The first-order valence-corrected chi connectivity index (χ1v) is 7.55. The zero-order chi connectivity index (χ0) is 14.5. The average molecular weight is 279 g/mol. The van der Waals surface area contributed by atoms with Crippen LogP contribution in [0.2, 0.25) is 0 Å². The van der Waals surface area contributed by atoms with Crippen molar-refractivity contribution < 1.29 is 9.53 Å². The van der Waals surface area contributed by atoms with Crippen LogP contribution in [-0.4, -0.2) is 34.9 Å². The standard InChI is InChI=1S/C15H25N3O2/c1-4-18-12(3)13(11(2)17-18)8-9-16-15(19)14-7-5-6-10-20-14/h14H,4-10H2,1-3H3,(H,16,19)/t14-/m1/s1. The molecular formula is C15H25N3O2. The molecule has 0 bridgehead atoms. The number of carbonyl (C=O) groups excluding carboxylic acids is 1. The third-order valence-electron chi connectivity index (χ3n) is 3.98. The highest BCUT2D eigenvalue weighted by Crippen LogP contribution is 2.14. The topological polar surface area (TPSA) is 56.2 Å². The zero-order valence-corrected chi connectivity index (χ0v) is 12.7. The predicted octanol–water partition coefficient (Wildman–Crippen LogP) is 1.75. The number of aryl methyl sites for hydroxylation is 2. The summed E-state index contributed by atoms with van der Waals surface area (Å²) >= 11 is 0. The summed E-state index contributed by atoms with van der Waals surface area (Å²) in [5.74, 6) is 0.0305. The third kappa shape index (κ3) is 3.39. The minimum atomic E-state index is -0.246. The van der Waals surface area contributed by atoms with Crippen molar-refractivity contribution in [1.82, 2.24) is 15.1 Å². The van der Waals surface area contributed by atoms with E-state index in [2.05, 4.69) is 24.3 Å². The van der Waals surface area contributed by atoms with Crippen LogP contribution in [0.25, 0.3) is 0 Å². The van der Waals surface area contributed by atoms with Gasteiger partial charge in [0.05, 0.1) is 5.69 Å². The number of carbonyl (C=O) groups is 1. The zero-order valence-electron chi connectivity index (χ0n) is 12.7. The van der Waals surface area contributed by atoms with Crippen molar-refractivity contribution in [2.24, 2.45) is 0 Å². The SMILES string of the molecule is CCn1nc(C)c(CCNC(=O)[C@H]2CCCCO2)c1C. The van der Waals surface area contributed by atoms with Crippen LogP contribution in [0, 0.1) is 13.8 Å². The number of hydrogen-bond donors (Lipinski definition) is 1. The van der Waals surface area contributed by atoms with E-state index in [1.807, 2.05) is 11.6 Å². The van der Waals surface area contributed by atoms with Crippen LogP contribution >= 0.6 is 0 Å². The van der Waals surface area contributed by atoms with E-state index in [0.717, 1.165) is 37.9 Å². The lowest BCUT2D eigenvalue weighted by molar-refractivity contribution is -0.135. The molecule has 5 heteroatoms. The second kappa shape index (κ2) is 6.88. The van der Waals surface area contributed by atoms with E-state index in [9.17, 15) is 4.79 Å². The van der Waals surface area contributed by atoms with Crippen LogP contribution in [0.3, 0.4) is 0 Å². The van der Waals surface area contributed by atoms with Gasteiger partial charge in [-0.3, -0.25) is 9.48 Å². The first kappa shape index (κ1) is 15.0. The molecular weight excluding hydrogens is 254 g/mol. The Bertz CT molecular complexity index is 462. The highest BCUT2D eigenvalue weighted by molar-refractivity contribution is 5.80. The molecule has 2 heterocycles. The maximum Gasteiger partial charge on any atom is 0.249 e. The lowest BCUT2D eigenvalue weighted by atomic mass is 10.1. The van der Waals surface area contributed by atoms with Crippen LogP contribution < -0.4 is 5.32 Å². The largest absolute Gasteiger partial charge is 0.368 e. The van der Waals surface area contributed by atoms with Crippen molar-refractivity contribution in [2.45, 2.75) is 59.1 Å². The van der Waals surface area contributed by atoms with Gasteiger partial charge < -0.3 is 10.1 Å². The van der Waals surface area contributed by atoms with Gasteiger partial charge in [0.15, 0.2) is 0 Å². The van der Waals surface area contributed by atoms with Crippen molar-refractivity contribution in [3.8, 4) is 0 Å². The molecule has 1 amide bonds. The van der Waals surface area contributed by atoms with E-state index < -0.39 is 0 Å². The summed E-state index contributed by atoms with van der Waals surface area (Å²) in [6.45, 7) is 8.45. The lowest BCUT2D eigenvalue weighted by Crippen LogP contribution is -2.39. The summed E-state index contributed by atoms with van der Waals surface area (Å²) in [4.78, 5) is 12.0. The van der Waals surface area contributed by atoms with Crippen LogP contribution in [0.5, 0.6) is 0 Å². The van der Waals surface area contributed by atoms with E-state index in [0.29, 0.717) is 13.2 Å². The highest BCUT2D eigenvalue weighted by atomic mass is 16.5. The molecule has 1 aromatic rings. The second-order valence-corrected chi connectivity index (χ2v) is 5.36. The molecule has 1 aliphatic heterocycles. The summed E-state index contributed by atoms with van der Waals surface area (Å²) in [5.41, 5.74) is 3.51. The monoisotopic (exact) mass is 279 g/mol. The van der Waals surface area contributed by atoms with Crippen LogP contribution in [0.4, 0.5) is 0 Å². The number of ether oxygens (including phenoxy) is 1. The molecule has 5 nitrogen and oxygen atoms in total. The Morgan fingerprint density at radius 3 is 2.85 bits per heavy atom. The maximum atomic E-state index is 12.0. The van der Waals surface area contributed by atoms with Gasteiger partial charge in [-0.15, -0.1) is 0 Å². The Hall–Kier alpha value is -1.36. The van der Waals surface area contributed by atoms with Gasteiger partial charge >= 0.3 is 0 Å². The average Bonchev–Trinajstić information content (AvgIpc) is 2.75. The van der Waals surface area contributed by atoms with E-state index in [-0.39, 0.29) is 12.0 Å². The fourth-order valence-electron chi connectivity index (χ4n) is 2.78. The molecule has 0 aromatic carbocycles. The molecule has 0 unspecified atom stereocenters. The van der Waals surface area contributed by atoms with Crippen molar-refractivity contribution in [2.75, 3.05) is 13.2 Å². The van der Waals surface area contributed by atoms with Crippen LogP contribution in [0.1, 0.15) is 43.1 Å². The molecule has 1 N–H and O–H groups in total. The van der Waals surface area contributed by atoms with Gasteiger partial charge in [0.2, 0.25) is 5.91 Å². The highest BCUT2D eigenvalue weighted by Gasteiger charge is 2.21. The lowest BCUT2D eigenvalue weighted by Gasteiger charge is -2.21. The van der Waals surface area contributed by atoms with Crippen molar-refractivity contribution >= 4 is 5.91 Å². The summed E-state index contributed by atoms with van der Waals surface area (Å²) in [5, 5.41) is 7.48. The summed E-state index contributed by atoms with van der Waals surface area (Å²) < 4.78 is 7.49. The molecule has 1 atom stereocenters. The van der Waals surface area contributed by atoms with Crippen molar-refractivity contribution in [3.05, 3.63) is 17.0 Å². The smallest absolute Gasteiger partial charge is 0.249 e. The number of nitrogens with zero attached hydrogens (tertiary/aromatic N) is 2. The third-order valence-corrected chi connectivity index (χ3v) is 3.98. The molecule has 1 saturated heterocycles. The number of aromatic nitrogens is 2. The number of amides is 1. The number of rotatable bonds is 5. The molecule has 1 aromatic heterocycles. The predicted molar refractivity (Wildman–Crippen MR) is 77.7 cm³/mol. The molecule has 0 saturated carbocycles. The normalized spacial score (nSPS) is 19.1. The van der Waals surface area contributed by atoms with Gasteiger partial charge in [-0.1, -0.05) is 0 Å². The van der Waals surface area contributed by atoms with E-state index >= 15 is 0 Å². The molecule has 112 valence electrons. The van der Waals surface area contributed by atoms with Gasteiger partial charge in [-0.25, -0.2) is 0 Å². The molecule has 20 heavy (non-hydrogen) atoms. The molecule has 2 rings (SSSR count). The molecule has 1 aliphatic rings. The first-order valence-electron chi connectivity index (χ1n) is 7.55. The van der Waals surface area contributed by atoms with Gasteiger partial charge in [-0.05, 0) is 52.0 Å². The van der Waals surface area contributed by atoms with Gasteiger partial charge in [0.25, 0.3) is 0 Å². The Labute approximate surface area is 120 Å². The minimum absolute atomic E-state index is 0.0305.